The normalized spacial score (nSPS) is 18.9. The molecule has 1 saturated heterocycles. The van der Waals surface area contributed by atoms with Gasteiger partial charge in [-0.1, -0.05) is 0 Å². The third-order valence-electron chi connectivity index (χ3n) is 4.09. The lowest BCUT2D eigenvalue weighted by molar-refractivity contribution is 0.0699. The van der Waals surface area contributed by atoms with Crippen molar-refractivity contribution in [2.45, 2.75) is 25.3 Å². The quantitative estimate of drug-likeness (QED) is 0.942. The second-order valence-electron chi connectivity index (χ2n) is 5.36. The Bertz CT molecular complexity index is 674. The molecule has 0 aliphatic carbocycles. The highest BCUT2D eigenvalue weighted by molar-refractivity contribution is 6.03. The van der Waals surface area contributed by atoms with Crippen molar-refractivity contribution in [3.8, 4) is 0 Å². The first kappa shape index (κ1) is 13.8. The summed E-state index contributed by atoms with van der Waals surface area (Å²) in [6.45, 7) is 0.430. The summed E-state index contributed by atoms with van der Waals surface area (Å²) in [7, 11) is 0. The molecule has 0 saturated carbocycles. The van der Waals surface area contributed by atoms with Crippen molar-refractivity contribution in [1.82, 2.24) is 4.98 Å². The molecule has 4 nitrogen and oxygen atoms in total. The van der Waals surface area contributed by atoms with Gasteiger partial charge in [0.1, 0.15) is 6.67 Å². The topological polar surface area (TPSA) is 53.4 Å². The zero-order chi connectivity index (χ0) is 14.8. The predicted molar refractivity (Wildman–Crippen MR) is 79.7 cm³/mol. The number of nitrogens with zero attached hydrogens (tertiary/aromatic N) is 2. The Morgan fingerprint density at radius 2 is 2.24 bits per heavy atom. The summed E-state index contributed by atoms with van der Waals surface area (Å²) in [5.74, 6) is -0.972. The number of hydrogen-bond donors (Lipinski definition) is 1. The number of alkyl halides is 1. The Kier molecular flexibility index (Phi) is 3.73. The maximum Gasteiger partial charge on any atom is 0.336 e. The van der Waals surface area contributed by atoms with E-state index in [4.69, 9.17) is 0 Å². The van der Waals surface area contributed by atoms with E-state index in [0.717, 1.165) is 31.5 Å². The van der Waals surface area contributed by atoms with E-state index < -0.39 is 5.97 Å². The molecule has 0 amide bonds. The van der Waals surface area contributed by atoms with Crippen molar-refractivity contribution < 1.29 is 14.3 Å². The van der Waals surface area contributed by atoms with Crippen LogP contribution < -0.4 is 4.90 Å². The number of aromatic carboxylic acids is 1. The zero-order valence-electron chi connectivity index (χ0n) is 11.6. The fourth-order valence-electron chi connectivity index (χ4n) is 3.00. The van der Waals surface area contributed by atoms with Crippen LogP contribution in [0.4, 0.5) is 10.1 Å². The molecular formula is C16H17FN2O2. The van der Waals surface area contributed by atoms with Crippen LogP contribution in [0.25, 0.3) is 10.9 Å². The summed E-state index contributed by atoms with van der Waals surface area (Å²) in [5, 5.41) is 9.88. The third-order valence-corrected chi connectivity index (χ3v) is 4.09. The number of rotatable bonds is 3. The molecule has 1 aromatic heterocycles. The summed E-state index contributed by atoms with van der Waals surface area (Å²) >= 11 is 0. The lowest BCUT2D eigenvalue weighted by atomic mass is 10.0. The third kappa shape index (κ3) is 2.55. The molecule has 2 heterocycles. The van der Waals surface area contributed by atoms with E-state index in [0.29, 0.717) is 10.9 Å². The van der Waals surface area contributed by atoms with Crippen molar-refractivity contribution in [1.29, 1.82) is 0 Å². The van der Waals surface area contributed by atoms with Gasteiger partial charge in [0, 0.05) is 23.8 Å². The fraction of sp³-hybridized carbons (Fsp3) is 0.375. The average molecular weight is 288 g/mol. The molecule has 0 unspecified atom stereocenters. The van der Waals surface area contributed by atoms with Crippen LogP contribution in [0.1, 0.15) is 29.6 Å². The van der Waals surface area contributed by atoms with Gasteiger partial charge in [-0.15, -0.1) is 0 Å². The van der Waals surface area contributed by atoms with Crippen molar-refractivity contribution in [2.24, 2.45) is 0 Å². The van der Waals surface area contributed by atoms with Gasteiger partial charge >= 0.3 is 5.97 Å². The first-order valence-corrected chi connectivity index (χ1v) is 7.15. The lowest BCUT2D eigenvalue weighted by Gasteiger charge is -2.36. The molecule has 1 atom stereocenters. The number of fused-ring (bicyclic) bond motifs is 1. The SMILES string of the molecule is O=C(O)c1ccnc2ccc(N3CCCC[C@H]3CF)cc12. The average Bonchev–Trinajstić information content (AvgIpc) is 2.53. The molecular weight excluding hydrogens is 271 g/mol. The van der Waals surface area contributed by atoms with E-state index in [-0.39, 0.29) is 18.3 Å². The minimum Gasteiger partial charge on any atom is -0.478 e. The van der Waals surface area contributed by atoms with Crippen LogP contribution in [-0.2, 0) is 0 Å². The van der Waals surface area contributed by atoms with Gasteiger partial charge in [0.05, 0.1) is 17.1 Å². The number of piperidine rings is 1. The van der Waals surface area contributed by atoms with Gasteiger partial charge < -0.3 is 10.0 Å². The standard InChI is InChI=1S/C16H17FN2O2/c17-10-12-3-1-2-8-19(12)11-4-5-15-14(9-11)13(16(20)21)6-7-18-15/h4-7,9,12H,1-3,8,10H2,(H,20,21)/t12-/m0/s1. The van der Waals surface area contributed by atoms with Crippen molar-refractivity contribution in [3.63, 3.8) is 0 Å². The molecule has 110 valence electrons. The van der Waals surface area contributed by atoms with Gasteiger partial charge in [0.25, 0.3) is 0 Å². The van der Waals surface area contributed by atoms with Crippen LogP contribution in [0.2, 0.25) is 0 Å². The van der Waals surface area contributed by atoms with Crippen LogP contribution in [0, 0.1) is 0 Å². The number of hydrogen-bond acceptors (Lipinski definition) is 3. The van der Waals surface area contributed by atoms with E-state index in [1.165, 1.54) is 12.3 Å². The molecule has 3 rings (SSSR count). The minimum atomic E-state index is -0.972. The van der Waals surface area contributed by atoms with Gasteiger partial charge in [-0.05, 0) is 43.5 Å². The molecule has 0 spiro atoms. The van der Waals surface area contributed by atoms with Crippen molar-refractivity contribution >= 4 is 22.6 Å². The van der Waals surface area contributed by atoms with Gasteiger partial charge in [-0.2, -0.15) is 0 Å². The first-order chi connectivity index (χ1) is 10.2. The second-order valence-corrected chi connectivity index (χ2v) is 5.36. The number of carboxylic acids is 1. The molecule has 2 aromatic rings. The van der Waals surface area contributed by atoms with Crippen molar-refractivity contribution in [3.05, 3.63) is 36.0 Å². The molecule has 5 heteroatoms. The molecule has 1 aromatic carbocycles. The molecule has 1 aliphatic rings. The Morgan fingerprint density at radius 3 is 3.00 bits per heavy atom. The molecule has 1 N–H and O–H groups in total. The lowest BCUT2D eigenvalue weighted by Crippen LogP contribution is -2.40. The highest BCUT2D eigenvalue weighted by Crippen LogP contribution is 2.29. The number of halogens is 1. The number of carboxylic acid groups (broad SMARTS) is 1. The van der Waals surface area contributed by atoms with Gasteiger partial charge in [-0.3, -0.25) is 4.98 Å². The Balaban J connectivity index is 2.07. The highest BCUT2D eigenvalue weighted by Gasteiger charge is 2.23. The Hall–Kier alpha value is -2.17. The molecule has 1 aliphatic heterocycles. The second kappa shape index (κ2) is 5.68. The zero-order valence-corrected chi connectivity index (χ0v) is 11.6. The maximum atomic E-state index is 13.2. The van der Waals surface area contributed by atoms with Crippen LogP contribution in [0.3, 0.4) is 0 Å². The summed E-state index contributed by atoms with van der Waals surface area (Å²) in [6, 6.07) is 6.91. The first-order valence-electron chi connectivity index (χ1n) is 7.15. The monoisotopic (exact) mass is 288 g/mol. The fourth-order valence-corrected chi connectivity index (χ4v) is 3.00. The number of carbonyl (C=O) groups is 1. The highest BCUT2D eigenvalue weighted by atomic mass is 19.1. The Morgan fingerprint density at radius 1 is 1.38 bits per heavy atom. The molecule has 0 bridgehead atoms. The number of aromatic nitrogens is 1. The van der Waals surface area contributed by atoms with Gasteiger partial charge in [0.15, 0.2) is 0 Å². The summed E-state index contributed by atoms with van der Waals surface area (Å²) in [4.78, 5) is 17.6. The predicted octanol–water partition coefficient (Wildman–Crippen LogP) is 3.26. The van der Waals surface area contributed by atoms with Gasteiger partial charge in [0.2, 0.25) is 0 Å². The van der Waals surface area contributed by atoms with E-state index in [9.17, 15) is 14.3 Å². The van der Waals surface area contributed by atoms with Crippen LogP contribution >= 0.6 is 0 Å². The van der Waals surface area contributed by atoms with E-state index in [2.05, 4.69) is 4.98 Å². The summed E-state index contributed by atoms with van der Waals surface area (Å²) < 4.78 is 13.2. The maximum absolute atomic E-state index is 13.2. The molecule has 0 radical (unpaired) electrons. The molecule has 21 heavy (non-hydrogen) atoms. The summed E-state index contributed by atoms with van der Waals surface area (Å²) in [6.07, 6.45) is 4.41. The minimum absolute atomic E-state index is 0.110. The smallest absolute Gasteiger partial charge is 0.336 e. The van der Waals surface area contributed by atoms with Gasteiger partial charge in [-0.25, -0.2) is 9.18 Å². The number of pyridine rings is 1. The number of benzene rings is 1. The van der Waals surface area contributed by atoms with Crippen LogP contribution in [0.15, 0.2) is 30.5 Å². The van der Waals surface area contributed by atoms with E-state index >= 15 is 0 Å². The van der Waals surface area contributed by atoms with E-state index in [1.807, 2.05) is 17.0 Å². The largest absolute Gasteiger partial charge is 0.478 e. The summed E-state index contributed by atoms with van der Waals surface area (Å²) in [5.41, 5.74) is 1.75. The number of anilines is 1. The molecule has 1 fully saturated rings. The van der Waals surface area contributed by atoms with Crippen molar-refractivity contribution in [2.75, 3.05) is 18.1 Å². The Labute approximate surface area is 122 Å². The van der Waals surface area contributed by atoms with Crippen LogP contribution in [-0.4, -0.2) is 35.3 Å². The van der Waals surface area contributed by atoms with E-state index in [1.54, 1.807) is 6.07 Å². The van der Waals surface area contributed by atoms with Crippen LogP contribution in [0.5, 0.6) is 0 Å².